The van der Waals surface area contributed by atoms with Gasteiger partial charge in [-0.05, 0) is 43.7 Å². The topological polar surface area (TPSA) is 82.5 Å². The van der Waals surface area contributed by atoms with Crippen LogP contribution < -0.4 is 20.2 Å². The van der Waals surface area contributed by atoms with Gasteiger partial charge in [-0.2, -0.15) is 5.10 Å². The summed E-state index contributed by atoms with van der Waals surface area (Å²) >= 11 is 0. The summed E-state index contributed by atoms with van der Waals surface area (Å²) in [5.41, 5.74) is 0.523. The normalized spacial score (nSPS) is 13.9. The maximum absolute atomic E-state index is 14.2. The van der Waals surface area contributed by atoms with Crippen LogP contribution in [-0.4, -0.2) is 28.9 Å². The molecule has 0 aliphatic carbocycles. The van der Waals surface area contributed by atoms with E-state index in [0.717, 1.165) is 12.0 Å². The van der Waals surface area contributed by atoms with Crippen molar-refractivity contribution in [2.75, 3.05) is 13.2 Å². The second-order valence-corrected chi connectivity index (χ2v) is 7.31. The Hall–Kier alpha value is -3.68. The number of carbonyl (C=O) groups excluding carboxylic acids is 1. The third-order valence-electron chi connectivity index (χ3n) is 5.02. The van der Waals surface area contributed by atoms with Gasteiger partial charge in [0, 0.05) is 18.2 Å². The van der Waals surface area contributed by atoms with E-state index < -0.39 is 23.2 Å². The number of ether oxygens (including phenoxy) is 2. The number of hydrogen-bond donors (Lipinski definition) is 1. The van der Waals surface area contributed by atoms with Gasteiger partial charge in [0.25, 0.3) is 5.91 Å². The van der Waals surface area contributed by atoms with E-state index in [4.69, 9.17) is 9.47 Å². The van der Waals surface area contributed by atoms with Crippen molar-refractivity contribution in [2.24, 2.45) is 0 Å². The van der Waals surface area contributed by atoms with E-state index in [9.17, 15) is 14.0 Å². The highest BCUT2D eigenvalue weighted by Gasteiger charge is 2.20. The summed E-state index contributed by atoms with van der Waals surface area (Å²) in [5.74, 6) is 0.127. The van der Waals surface area contributed by atoms with E-state index in [2.05, 4.69) is 10.4 Å². The third kappa shape index (κ3) is 4.28. The predicted molar refractivity (Wildman–Crippen MR) is 112 cm³/mol. The third-order valence-corrected chi connectivity index (χ3v) is 5.02. The highest BCUT2D eigenvalue weighted by molar-refractivity contribution is 5.92. The Labute approximate surface area is 178 Å². The standard InChI is InChI=1S/C23H22FN3O4/c1-14-12-19(28)22(26-27(14)18-7-4-3-6-17(18)24)23(29)25-15(2)16-8-9-20-21(13-16)31-11-5-10-30-20/h3-4,6-9,12-13,15H,5,10-11H2,1-2H3,(H,25,29). The van der Waals surface area contributed by atoms with E-state index in [1.165, 1.54) is 22.9 Å². The Morgan fingerprint density at radius 1 is 1.13 bits per heavy atom. The number of benzene rings is 2. The van der Waals surface area contributed by atoms with Crippen LogP contribution in [0, 0.1) is 12.7 Å². The summed E-state index contributed by atoms with van der Waals surface area (Å²) in [7, 11) is 0. The van der Waals surface area contributed by atoms with Gasteiger partial charge < -0.3 is 14.8 Å². The second kappa shape index (κ2) is 8.59. The van der Waals surface area contributed by atoms with Crippen molar-refractivity contribution >= 4 is 5.91 Å². The van der Waals surface area contributed by atoms with Crippen LogP contribution in [0.2, 0.25) is 0 Å². The van der Waals surface area contributed by atoms with E-state index >= 15 is 0 Å². The molecular weight excluding hydrogens is 401 g/mol. The fourth-order valence-electron chi connectivity index (χ4n) is 3.37. The molecule has 4 rings (SSSR count). The van der Waals surface area contributed by atoms with Crippen molar-refractivity contribution in [1.82, 2.24) is 15.1 Å². The van der Waals surface area contributed by atoms with Gasteiger partial charge in [-0.15, -0.1) is 0 Å². The Balaban J connectivity index is 1.60. The Bertz CT molecular complexity index is 1190. The van der Waals surface area contributed by atoms with Gasteiger partial charge in [0.15, 0.2) is 17.2 Å². The highest BCUT2D eigenvalue weighted by atomic mass is 19.1. The summed E-state index contributed by atoms with van der Waals surface area (Å²) in [6, 6.07) is 12.3. The molecule has 31 heavy (non-hydrogen) atoms. The SMILES string of the molecule is Cc1cc(=O)c(C(=O)NC(C)c2ccc3c(c2)OCCCO3)nn1-c1ccccc1F. The zero-order valence-corrected chi connectivity index (χ0v) is 17.2. The molecule has 0 saturated carbocycles. The van der Waals surface area contributed by atoms with Gasteiger partial charge in [-0.3, -0.25) is 9.59 Å². The van der Waals surface area contributed by atoms with Crippen LogP contribution in [0.3, 0.4) is 0 Å². The molecule has 7 nitrogen and oxygen atoms in total. The first-order valence-electron chi connectivity index (χ1n) is 10.0. The van der Waals surface area contributed by atoms with Gasteiger partial charge in [-0.1, -0.05) is 18.2 Å². The van der Waals surface area contributed by atoms with Crippen LogP contribution in [0.15, 0.2) is 53.3 Å². The lowest BCUT2D eigenvalue weighted by Gasteiger charge is -2.17. The van der Waals surface area contributed by atoms with Crippen LogP contribution in [-0.2, 0) is 0 Å². The molecule has 1 N–H and O–H groups in total. The lowest BCUT2D eigenvalue weighted by atomic mass is 10.1. The van der Waals surface area contributed by atoms with Crippen molar-refractivity contribution in [3.05, 3.63) is 81.5 Å². The van der Waals surface area contributed by atoms with Crippen molar-refractivity contribution < 1.29 is 18.7 Å². The van der Waals surface area contributed by atoms with E-state index in [1.54, 1.807) is 32.0 Å². The smallest absolute Gasteiger partial charge is 0.276 e. The van der Waals surface area contributed by atoms with Crippen molar-refractivity contribution in [3.8, 4) is 17.2 Å². The highest BCUT2D eigenvalue weighted by Crippen LogP contribution is 2.32. The number of nitrogens with one attached hydrogen (secondary N) is 1. The van der Waals surface area contributed by atoms with Gasteiger partial charge >= 0.3 is 0 Å². The number of aromatic nitrogens is 2. The minimum absolute atomic E-state index is 0.157. The lowest BCUT2D eigenvalue weighted by Crippen LogP contribution is -2.33. The molecule has 0 bridgehead atoms. The van der Waals surface area contributed by atoms with Crippen molar-refractivity contribution in [3.63, 3.8) is 0 Å². The first kappa shape index (κ1) is 20.6. The maximum atomic E-state index is 14.2. The van der Waals surface area contributed by atoms with E-state index in [-0.39, 0.29) is 11.4 Å². The molecule has 2 heterocycles. The van der Waals surface area contributed by atoms with Gasteiger partial charge in [-0.25, -0.2) is 9.07 Å². The van der Waals surface area contributed by atoms with Crippen LogP contribution in [0.1, 0.15) is 41.1 Å². The predicted octanol–water partition coefficient (Wildman–Crippen LogP) is 3.33. The number of halogens is 1. The number of fused-ring (bicyclic) bond motifs is 1. The van der Waals surface area contributed by atoms with Crippen LogP contribution in [0.25, 0.3) is 5.69 Å². The van der Waals surface area contributed by atoms with Gasteiger partial charge in [0.05, 0.1) is 19.3 Å². The van der Waals surface area contributed by atoms with Gasteiger partial charge in [0.1, 0.15) is 11.5 Å². The fourth-order valence-corrected chi connectivity index (χ4v) is 3.37. The Kier molecular flexibility index (Phi) is 5.70. The minimum Gasteiger partial charge on any atom is -0.490 e. The monoisotopic (exact) mass is 423 g/mol. The summed E-state index contributed by atoms with van der Waals surface area (Å²) in [4.78, 5) is 25.3. The first-order valence-corrected chi connectivity index (χ1v) is 10.0. The van der Waals surface area contributed by atoms with Gasteiger partial charge in [0.2, 0.25) is 5.43 Å². The molecule has 1 aliphatic rings. The molecular formula is C23H22FN3O4. The Morgan fingerprint density at radius 2 is 1.87 bits per heavy atom. The minimum atomic E-state index is -0.644. The molecule has 3 aromatic rings. The largest absolute Gasteiger partial charge is 0.490 e. The summed E-state index contributed by atoms with van der Waals surface area (Å²) in [6.07, 6.45) is 0.795. The lowest BCUT2D eigenvalue weighted by molar-refractivity contribution is 0.0931. The molecule has 2 aromatic carbocycles. The summed E-state index contributed by atoms with van der Waals surface area (Å²) in [5, 5.41) is 6.92. The van der Waals surface area contributed by atoms with Crippen LogP contribution >= 0.6 is 0 Å². The zero-order chi connectivity index (χ0) is 22.0. The summed E-state index contributed by atoms with van der Waals surface area (Å²) in [6.45, 7) is 4.57. The molecule has 1 atom stereocenters. The molecule has 0 radical (unpaired) electrons. The van der Waals surface area contributed by atoms with E-state index in [0.29, 0.717) is 30.4 Å². The number of aryl methyl sites for hydroxylation is 1. The summed E-state index contributed by atoms with van der Waals surface area (Å²) < 4.78 is 26.8. The van der Waals surface area contributed by atoms with Crippen LogP contribution in [0.5, 0.6) is 11.5 Å². The molecule has 0 spiro atoms. The molecule has 0 fully saturated rings. The van der Waals surface area contributed by atoms with E-state index in [1.807, 2.05) is 12.1 Å². The number of amides is 1. The van der Waals surface area contributed by atoms with Crippen molar-refractivity contribution in [2.45, 2.75) is 26.3 Å². The number of hydrogen-bond acceptors (Lipinski definition) is 5. The molecule has 160 valence electrons. The second-order valence-electron chi connectivity index (χ2n) is 7.31. The molecule has 1 unspecified atom stereocenters. The number of carbonyl (C=O) groups is 1. The Morgan fingerprint density at radius 3 is 2.65 bits per heavy atom. The zero-order valence-electron chi connectivity index (χ0n) is 17.2. The maximum Gasteiger partial charge on any atom is 0.276 e. The number of rotatable bonds is 4. The average Bonchev–Trinajstić information content (AvgIpc) is 2.99. The average molecular weight is 423 g/mol. The quantitative estimate of drug-likeness (QED) is 0.696. The van der Waals surface area contributed by atoms with Crippen LogP contribution in [0.4, 0.5) is 4.39 Å². The number of para-hydroxylation sites is 1. The first-order chi connectivity index (χ1) is 14.9. The fraction of sp³-hybridized carbons (Fsp3) is 0.261. The number of nitrogens with zero attached hydrogens (tertiary/aromatic N) is 2. The molecule has 8 heteroatoms. The molecule has 1 aromatic heterocycles. The molecule has 1 amide bonds. The molecule has 0 saturated heterocycles. The van der Waals surface area contributed by atoms with Crippen molar-refractivity contribution in [1.29, 1.82) is 0 Å². The molecule has 1 aliphatic heterocycles.